The average Bonchev–Trinajstić information content (AvgIpc) is 2.73. The number of carbonyl (C=O) groups is 2. The number of amides is 1. The molecule has 16 heavy (non-hydrogen) atoms. The fourth-order valence-electron chi connectivity index (χ4n) is 1.23. The Hall–Kier alpha value is -1.78. The molecule has 0 unspecified atom stereocenters. The molecule has 5 nitrogen and oxygen atoms in total. The van der Waals surface area contributed by atoms with Crippen LogP contribution in [0.4, 0.5) is 5.88 Å². The molecule has 0 fully saturated rings. The highest BCUT2D eigenvalue weighted by molar-refractivity contribution is 5.80. The molecule has 1 rings (SSSR count). The summed E-state index contributed by atoms with van der Waals surface area (Å²) in [4.78, 5) is 25.3. The topological polar surface area (TPSA) is 53.8 Å². The van der Waals surface area contributed by atoms with Gasteiger partial charge in [-0.2, -0.15) is 0 Å². The van der Waals surface area contributed by atoms with E-state index < -0.39 is 0 Å². The smallest absolute Gasteiger partial charge is 0.241 e. The molecule has 5 heteroatoms. The number of rotatable bonds is 5. The van der Waals surface area contributed by atoms with Gasteiger partial charge >= 0.3 is 0 Å². The molecule has 0 atom stereocenters. The maximum absolute atomic E-state index is 11.5. The van der Waals surface area contributed by atoms with Crippen molar-refractivity contribution in [3.05, 3.63) is 17.9 Å². The molecule has 0 aromatic carbocycles. The predicted molar refractivity (Wildman–Crippen MR) is 60.7 cm³/mol. The van der Waals surface area contributed by atoms with E-state index in [1.54, 1.807) is 31.1 Å². The van der Waals surface area contributed by atoms with E-state index in [-0.39, 0.29) is 18.2 Å². The van der Waals surface area contributed by atoms with Crippen molar-refractivity contribution < 1.29 is 14.0 Å². The van der Waals surface area contributed by atoms with Crippen molar-refractivity contribution in [2.75, 3.05) is 32.1 Å². The Kier molecular flexibility index (Phi) is 4.10. The lowest BCUT2D eigenvalue weighted by Gasteiger charge is -2.21. The van der Waals surface area contributed by atoms with E-state index in [0.29, 0.717) is 18.7 Å². The largest absolute Gasteiger partial charge is 0.438 e. The van der Waals surface area contributed by atoms with Crippen molar-refractivity contribution in [2.24, 2.45) is 0 Å². The zero-order valence-electron chi connectivity index (χ0n) is 9.77. The number of carbonyl (C=O) groups excluding carboxylic acids is 2. The van der Waals surface area contributed by atoms with Gasteiger partial charge in [0.1, 0.15) is 0 Å². The van der Waals surface area contributed by atoms with Crippen LogP contribution in [0.2, 0.25) is 0 Å². The molecule has 0 saturated heterocycles. The molecule has 0 bridgehead atoms. The van der Waals surface area contributed by atoms with Crippen LogP contribution in [0.1, 0.15) is 17.5 Å². The Morgan fingerprint density at radius 1 is 1.44 bits per heavy atom. The van der Waals surface area contributed by atoms with Crippen LogP contribution in [0.5, 0.6) is 0 Å². The maximum atomic E-state index is 11.5. The van der Waals surface area contributed by atoms with Gasteiger partial charge in [-0.3, -0.25) is 9.59 Å². The third-order valence-corrected chi connectivity index (χ3v) is 2.25. The molecule has 0 aliphatic rings. The second-order valence-electron chi connectivity index (χ2n) is 3.60. The molecular weight excluding hydrogens is 208 g/mol. The Bertz CT molecular complexity index is 371. The second-order valence-corrected chi connectivity index (χ2v) is 3.60. The van der Waals surface area contributed by atoms with E-state index in [2.05, 4.69) is 0 Å². The molecular formula is C11H16N2O3. The van der Waals surface area contributed by atoms with Crippen molar-refractivity contribution in [1.29, 1.82) is 0 Å². The summed E-state index contributed by atoms with van der Waals surface area (Å²) >= 11 is 0. The number of furan rings is 1. The normalized spacial score (nSPS) is 9.94. The first kappa shape index (κ1) is 12.3. The van der Waals surface area contributed by atoms with Crippen LogP contribution >= 0.6 is 0 Å². The van der Waals surface area contributed by atoms with E-state index in [4.69, 9.17) is 4.42 Å². The monoisotopic (exact) mass is 224 g/mol. The lowest BCUT2D eigenvalue weighted by atomic mass is 10.4. The molecule has 1 amide bonds. The van der Waals surface area contributed by atoms with E-state index in [0.717, 1.165) is 0 Å². The SMILES string of the molecule is CCN(CC(=O)N(C)C)c1ccc(C=O)o1. The second kappa shape index (κ2) is 5.34. The third kappa shape index (κ3) is 2.85. The fraction of sp³-hybridized carbons (Fsp3) is 0.455. The lowest BCUT2D eigenvalue weighted by Crippen LogP contribution is -2.36. The van der Waals surface area contributed by atoms with Crippen LogP contribution < -0.4 is 4.90 Å². The highest BCUT2D eigenvalue weighted by atomic mass is 16.4. The molecule has 1 heterocycles. The van der Waals surface area contributed by atoms with Gasteiger partial charge < -0.3 is 14.2 Å². The van der Waals surface area contributed by atoms with Gasteiger partial charge in [-0.1, -0.05) is 0 Å². The van der Waals surface area contributed by atoms with Crippen LogP contribution in [-0.2, 0) is 4.79 Å². The van der Waals surface area contributed by atoms with E-state index in [9.17, 15) is 9.59 Å². The molecule has 88 valence electrons. The minimum atomic E-state index is -0.00842. The summed E-state index contributed by atoms with van der Waals surface area (Å²) in [5.74, 6) is 0.802. The summed E-state index contributed by atoms with van der Waals surface area (Å²) in [6, 6.07) is 3.28. The van der Waals surface area contributed by atoms with Crippen LogP contribution in [0.25, 0.3) is 0 Å². The van der Waals surface area contributed by atoms with Gasteiger partial charge in [0, 0.05) is 26.7 Å². The van der Waals surface area contributed by atoms with Crippen molar-refractivity contribution in [2.45, 2.75) is 6.92 Å². The first-order chi connectivity index (χ1) is 7.58. The summed E-state index contributed by atoms with van der Waals surface area (Å²) < 4.78 is 5.25. The Morgan fingerprint density at radius 3 is 2.56 bits per heavy atom. The fourth-order valence-corrected chi connectivity index (χ4v) is 1.23. The van der Waals surface area contributed by atoms with Crippen molar-refractivity contribution in [1.82, 2.24) is 4.90 Å². The highest BCUT2D eigenvalue weighted by Crippen LogP contribution is 2.17. The molecule has 0 saturated carbocycles. The Labute approximate surface area is 94.6 Å². The number of nitrogens with zero attached hydrogens (tertiary/aromatic N) is 2. The minimum Gasteiger partial charge on any atom is -0.438 e. The van der Waals surface area contributed by atoms with Gasteiger partial charge in [-0.15, -0.1) is 0 Å². The summed E-state index contributed by atoms with van der Waals surface area (Å²) in [6.07, 6.45) is 0.644. The van der Waals surface area contributed by atoms with Crippen LogP contribution in [0, 0.1) is 0 Å². The first-order valence-corrected chi connectivity index (χ1v) is 5.08. The van der Waals surface area contributed by atoms with Crippen molar-refractivity contribution in [3.63, 3.8) is 0 Å². The number of hydrogen-bond donors (Lipinski definition) is 0. The summed E-state index contributed by atoms with van der Waals surface area (Å²) in [6.45, 7) is 2.81. The molecule has 1 aromatic rings. The molecule has 0 aliphatic carbocycles. The molecule has 0 aliphatic heterocycles. The predicted octanol–water partition coefficient (Wildman–Crippen LogP) is 1.01. The summed E-state index contributed by atoms with van der Waals surface area (Å²) in [7, 11) is 3.41. The van der Waals surface area contributed by atoms with Gasteiger partial charge in [-0.25, -0.2) is 0 Å². The standard InChI is InChI=1S/C11H16N2O3/c1-4-13(7-10(15)12(2)3)11-6-5-9(8-14)16-11/h5-6,8H,4,7H2,1-3H3. The zero-order chi connectivity index (χ0) is 12.1. The third-order valence-electron chi connectivity index (χ3n) is 2.25. The van der Waals surface area contributed by atoms with Crippen LogP contribution in [0.15, 0.2) is 16.5 Å². The quantitative estimate of drug-likeness (QED) is 0.700. The van der Waals surface area contributed by atoms with E-state index in [1.807, 2.05) is 6.92 Å². The lowest BCUT2D eigenvalue weighted by molar-refractivity contribution is -0.127. The maximum Gasteiger partial charge on any atom is 0.241 e. The molecule has 1 aromatic heterocycles. The average molecular weight is 224 g/mol. The van der Waals surface area contributed by atoms with Crippen LogP contribution in [0.3, 0.4) is 0 Å². The molecule has 0 spiro atoms. The number of aldehydes is 1. The summed E-state index contributed by atoms with van der Waals surface area (Å²) in [5, 5.41) is 0. The van der Waals surface area contributed by atoms with Gasteiger partial charge in [0.05, 0.1) is 6.54 Å². The van der Waals surface area contributed by atoms with Gasteiger partial charge in [0.15, 0.2) is 17.9 Å². The number of likely N-dealkylation sites (N-methyl/N-ethyl adjacent to an activating group) is 2. The zero-order valence-corrected chi connectivity index (χ0v) is 9.77. The number of hydrogen-bond acceptors (Lipinski definition) is 4. The first-order valence-electron chi connectivity index (χ1n) is 5.08. The summed E-state index contributed by atoms with van der Waals surface area (Å²) in [5.41, 5.74) is 0. The van der Waals surface area contributed by atoms with Crippen molar-refractivity contribution >= 4 is 18.1 Å². The van der Waals surface area contributed by atoms with Gasteiger partial charge in [-0.05, 0) is 13.0 Å². The van der Waals surface area contributed by atoms with E-state index in [1.165, 1.54) is 4.90 Å². The molecule has 0 N–H and O–H groups in total. The highest BCUT2D eigenvalue weighted by Gasteiger charge is 2.14. The minimum absolute atomic E-state index is 0.00842. The van der Waals surface area contributed by atoms with Gasteiger partial charge in [0.2, 0.25) is 5.91 Å². The molecule has 0 radical (unpaired) electrons. The van der Waals surface area contributed by atoms with Gasteiger partial charge in [0.25, 0.3) is 0 Å². The Balaban J connectivity index is 2.74. The van der Waals surface area contributed by atoms with Crippen molar-refractivity contribution in [3.8, 4) is 0 Å². The van der Waals surface area contributed by atoms with E-state index >= 15 is 0 Å². The number of anilines is 1. The Morgan fingerprint density at radius 2 is 2.12 bits per heavy atom. The van der Waals surface area contributed by atoms with Crippen LogP contribution in [-0.4, -0.2) is 44.3 Å².